The Morgan fingerprint density at radius 2 is 1.75 bits per heavy atom. The number of nitrogens with zero attached hydrogens (tertiary/aromatic N) is 2. The van der Waals surface area contributed by atoms with Gasteiger partial charge in [0.2, 0.25) is 5.91 Å². The second kappa shape index (κ2) is 8.84. The van der Waals surface area contributed by atoms with E-state index in [0.717, 1.165) is 22.5 Å². The molecule has 0 atom stereocenters. The zero-order valence-corrected chi connectivity index (χ0v) is 14.1. The minimum absolute atomic E-state index is 0.0467. The maximum atomic E-state index is 11.1. The minimum Gasteiger partial charge on any atom is -0.394 e. The molecule has 0 heterocycles. The number of carbonyl (C=O) groups is 1. The number of hydrogen-bond donors (Lipinski definition) is 2. The van der Waals surface area contributed by atoms with Crippen LogP contribution in [0, 0.1) is 0 Å². The number of rotatable bonds is 7. The van der Waals surface area contributed by atoms with Gasteiger partial charge in [0.25, 0.3) is 0 Å². The van der Waals surface area contributed by atoms with E-state index in [-0.39, 0.29) is 12.5 Å². The Kier molecular flexibility index (Phi) is 6.51. The molecule has 0 radical (unpaired) electrons. The number of hydrogen-bond acceptors (Lipinski definition) is 4. The molecule has 0 bridgehead atoms. The zero-order valence-electron chi connectivity index (χ0n) is 14.1. The minimum atomic E-state index is -0.0925. The summed E-state index contributed by atoms with van der Waals surface area (Å²) in [6, 6.07) is 17.6. The SMILES string of the molecule is CC(=O)Nc1ccc(/C(C)=N\N(CCO)Cc2ccccc2)cc1. The summed E-state index contributed by atoms with van der Waals surface area (Å²) in [5.74, 6) is -0.0925. The van der Waals surface area contributed by atoms with Crippen molar-refractivity contribution in [3.63, 3.8) is 0 Å². The number of aliphatic hydroxyl groups excluding tert-OH is 1. The monoisotopic (exact) mass is 325 g/mol. The summed E-state index contributed by atoms with van der Waals surface area (Å²) in [4.78, 5) is 11.1. The van der Waals surface area contributed by atoms with Crippen LogP contribution in [-0.2, 0) is 11.3 Å². The van der Waals surface area contributed by atoms with Crippen LogP contribution in [0.2, 0.25) is 0 Å². The number of amides is 1. The molecule has 24 heavy (non-hydrogen) atoms. The fourth-order valence-corrected chi connectivity index (χ4v) is 2.34. The van der Waals surface area contributed by atoms with Crippen molar-refractivity contribution in [1.82, 2.24) is 5.01 Å². The highest BCUT2D eigenvalue weighted by molar-refractivity contribution is 5.99. The first-order chi connectivity index (χ1) is 11.6. The molecule has 5 heteroatoms. The standard InChI is InChI=1S/C19H23N3O2/c1-15(18-8-10-19(11-9-18)20-16(2)24)21-22(12-13-23)14-17-6-4-3-5-7-17/h3-11,23H,12-14H2,1-2H3,(H,20,24)/b21-15-. The van der Waals surface area contributed by atoms with E-state index in [9.17, 15) is 9.90 Å². The van der Waals surface area contributed by atoms with E-state index >= 15 is 0 Å². The van der Waals surface area contributed by atoms with Gasteiger partial charge < -0.3 is 10.4 Å². The Hall–Kier alpha value is -2.66. The van der Waals surface area contributed by atoms with E-state index in [2.05, 4.69) is 10.4 Å². The average Bonchev–Trinajstić information content (AvgIpc) is 2.56. The van der Waals surface area contributed by atoms with Gasteiger partial charge in [-0.2, -0.15) is 5.10 Å². The van der Waals surface area contributed by atoms with Crippen molar-refractivity contribution in [2.45, 2.75) is 20.4 Å². The Balaban J connectivity index is 2.11. The van der Waals surface area contributed by atoms with Gasteiger partial charge in [0.1, 0.15) is 0 Å². The molecule has 0 aromatic heterocycles. The molecular formula is C19H23N3O2. The third kappa shape index (κ3) is 5.52. The van der Waals surface area contributed by atoms with Crippen LogP contribution in [0.5, 0.6) is 0 Å². The van der Waals surface area contributed by atoms with E-state index in [1.165, 1.54) is 6.92 Å². The van der Waals surface area contributed by atoms with E-state index in [0.29, 0.717) is 13.1 Å². The second-order valence-corrected chi connectivity index (χ2v) is 5.54. The van der Waals surface area contributed by atoms with Gasteiger partial charge in [-0.25, -0.2) is 0 Å². The molecule has 2 N–H and O–H groups in total. The summed E-state index contributed by atoms with van der Waals surface area (Å²) in [6.45, 7) is 4.57. The Bertz CT molecular complexity index is 682. The van der Waals surface area contributed by atoms with E-state index in [1.807, 2.05) is 66.5 Å². The lowest BCUT2D eigenvalue weighted by Gasteiger charge is -2.19. The van der Waals surface area contributed by atoms with Gasteiger partial charge in [-0.3, -0.25) is 9.80 Å². The molecule has 5 nitrogen and oxygen atoms in total. The van der Waals surface area contributed by atoms with Crippen molar-refractivity contribution in [3.8, 4) is 0 Å². The van der Waals surface area contributed by atoms with Crippen LogP contribution in [-0.4, -0.2) is 34.9 Å². The Morgan fingerprint density at radius 3 is 2.33 bits per heavy atom. The average molecular weight is 325 g/mol. The molecule has 0 spiro atoms. The second-order valence-electron chi connectivity index (χ2n) is 5.54. The quantitative estimate of drug-likeness (QED) is 0.608. The molecule has 2 aromatic rings. The van der Waals surface area contributed by atoms with Crippen LogP contribution < -0.4 is 5.32 Å². The first kappa shape index (κ1) is 17.7. The van der Waals surface area contributed by atoms with Gasteiger partial charge in [0.05, 0.1) is 25.4 Å². The van der Waals surface area contributed by atoms with Crippen LogP contribution in [0.4, 0.5) is 5.69 Å². The predicted octanol–water partition coefficient (Wildman–Crippen LogP) is 2.86. The summed E-state index contributed by atoms with van der Waals surface area (Å²) in [5, 5.41) is 18.5. The lowest BCUT2D eigenvalue weighted by atomic mass is 10.1. The van der Waals surface area contributed by atoms with Crippen LogP contribution in [0.15, 0.2) is 59.7 Å². The van der Waals surface area contributed by atoms with Gasteiger partial charge in [-0.05, 0) is 30.2 Å². The largest absolute Gasteiger partial charge is 0.394 e. The fraction of sp³-hybridized carbons (Fsp3) is 0.263. The van der Waals surface area contributed by atoms with Crippen molar-refractivity contribution < 1.29 is 9.90 Å². The van der Waals surface area contributed by atoms with E-state index in [1.54, 1.807) is 0 Å². The van der Waals surface area contributed by atoms with Gasteiger partial charge in [-0.15, -0.1) is 0 Å². The molecule has 2 rings (SSSR count). The van der Waals surface area contributed by atoms with Gasteiger partial charge in [0, 0.05) is 12.6 Å². The molecule has 0 saturated heterocycles. The van der Waals surface area contributed by atoms with Gasteiger partial charge in [0.15, 0.2) is 0 Å². The third-order valence-corrected chi connectivity index (χ3v) is 3.48. The number of benzene rings is 2. The highest BCUT2D eigenvalue weighted by Crippen LogP contribution is 2.12. The fourth-order valence-electron chi connectivity index (χ4n) is 2.34. The number of carbonyl (C=O) groups excluding carboxylic acids is 1. The smallest absolute Gasteiger partial charge is 0.221 e. The normalized spacial score (nSPS) is 11.2. The summed E-state index contributed by atoms with van der Waals surface area (Å²) in [7, 11) is 0. The van der Waals surface area contributed by atoms with Crippen molar-refractivity contribution in [3.05, 3.63) is 65.7 Å². The molecule has 0 unspecified atom stereocenters. The van der Waals surface area contributed by atoms with E-state index in [4.69, 9.17) is 0 Å². The Morgan fingerprint density at radius 1 is 1.08 bits per heavy atom. The highest BCUT2D eigenvalue weighted by atomic mass is 16.3. The van der Waals surface area contributed by atoms with Crippen LogP contribution in [0.25, 0.3) is 0 Å². The molecule has 0 saturated carbocycles. The number of anilines is 1. The molecule has 0 aliphatic rings. The number of hydrazone groups is 1. The summed E-state index contributed by atoms with van der Waals surface area (Å²) in [6.07, 6.45) is 0. The first-order valence-corrected chi connectivity index (χ1v) is 7.91. The van der Waals surface area contributed by atoms with E-state index < -0.39 is 0 Å². The third-order valence-electron chi connectivity index (χ3n) is 3.48. The summed E-state index contributed by atoms with van der Waals surface area (Å²) in [5.41, 5.74) is 3.73. The van der Waals surface area contributed by atoms with Crippen LogP contribution in [0.3, 0.4) is 0 Å². The molecule has 2 aromatic carbocycles. The van der Waals surface area contributed by atoms with Crippen LogP contribution in [0.1, 0.15) is 25.0 Å². The van der Waals surface area contributed by atoms with Crippen molar-refractivity contribution in [2.75, 3.05) is 18.5 Å². The number of aliphatic hydroxyl groups is 1. The molecule has 126 valence electrons. The van der Waals surface area contributed by atoms with Gasteiger partial charge in [-0.1, -0.05) is 42.5 Å². The lowest BCUT2D eigenvalue weighted by Crippen LogP contribution is -2.22. The maximum Gasteiger partial charge on any atom is 0.221 e. The molecular weight excluding hydrogens is 302 g/mol. The molecule has 0 fully saturated rings. The van der Waals surface area contributed by atoms with Gasteiger partial charge >= 0.3 is 0 Å². The number of nitrogens with one attached hydrogen (secondary N) is 1. The topological polar surface area (TPSA) is 64.9 Å². The summed E-state index contributed by atoms with van der Waals surface area (Å²) >= 11 is 0. The van der Waals surface area contributed by atoms with Crippen molar-refractivity contribution in [1.29, 1.82) is 0 Å². The van der Waals surface area contributed by atoms with Crippen molar-refractivity contribution in [2.24, 2.45) is 5.10 Å². The highest BCUT2D eigenvalue weighted by Gasteiger charge is 2.05. The molecule has 0 aliphatic carbocycles. The first-order valence-electron chi connectivity index (χ1n) is 7.91. The van der Waals surface area contributed by atoms with Crippen molar-refractivity contribution >= 4 is 17.3 Å². The Labute approximate surface area is 142 Å². The summed E-state index contributed by atoms with van der Waals surface area (Å²) < 4.78 is 0. The zero-order chi connectivity index (χ0) is 17.4. The predicted molar refractivity (Wildman–Crippen MR) is 96.9 cm³/mol. The maximum absolute atomic E-state index is 11.1. The lowest BCUT2D eigenvalue weighted by molar-refractivity contribution is -0.114. The molecule has 1 amide bonds. The van der Waals surface area contributed by atoms with Crippen LogP contribution >= 0.6 is 0 Å². The molecule has 0 aliphatic heterocycles.